The number of anilines is 1. The maximum atomic E-state index is 6.07. The summed E-state index contributed by atoms with van der Waals surface area (Å²) in [5.41, 5.74) is 1.84. The SMILES string of the molecule is CNc1ccc(OCc2c(Cl)cccc2Cl)cc1. The zero-order chi connectivity index (χ0) is 13.0. The van der Waals surface area contributed by atoms with Gasteiger partial charge in [-0.05, 0) is 36.4 Å². The molecule has 2 aromatic carbocycles. The van der Waals surface area contributed by atoms with Crippen molar-refractivity contribution in [1.29, 1.82) is 0 Å². The highest BCUT2D eigenvalue weighted by Crippen LogP contribution is 2.26. The van der Waals surface area contributed by atoms with Crippen molar-refractivity contribution < 1.29 is 4.74 Å². The van der Waals surface area contributed by atoms with Crippen LogP contribution < -0.4 is 10.1 Å². The van der Waals surface area contributed by atoms with Crippen molar-refractivity contribution in [2.45, 2.75) is 6.61 Å². The van der Waals surface area contributed by atoms with Gasteiger partial charge < -0.3 is 10.1 Å². The molecule has 2 aromatic rings. The van der Waals surface area contributed by atoms with Gasteiger partial charge in [-0.1, -0.05) is 29.3 Å². The van der Waals surface area contributed by atoms with Crippen LogP contribution >= 0.6 is 23.2 Å². The van der Waals surface area contributed by atoms with Crippen LogP contribution in [-0.4, -0.2) is 7.05 Å². The van der Waals surface area contributed by atoms with E-state index in [1.165, 1.54) is 0 Å². The van der Waals surface area contributed by atoms with Gasteiger partial charge >= 0.3 is 0 Å². The predicted molar refractivity (Wildman–Crippen MR) is 76.8 cm³/mol. The second kappa shape index (κ2) is 5.98. The van der Waals surface area contributed by atoms with E-state index in [4.69, 9.17) is 27.9 Å². The molecule has 2 rings (SSSR count). The lowest BCUT2D eigenvalue weighted by Gasteiger charge is -2.10. The lowest BCUT2D eigenvalue weighted by atomic mass is 10.2. The molecule has 0 saturated carbocycles. The fourth-order valence-electron chi connectivity index (χ4n) is 1.54. The largest absolute Gasteiger partial charge is 0.489 e. The molecule has 1 N–H and O–H groups in total. The Kier molecular flexibility index (Phi) is 4.34. The van der Waals surface area contributed by atoms with Crippen LogP contribution in [0.15, 0.2) is 42.5 Å². The zero-order valence-corrected chi connectivity index (χ0v) is 11.4. The number of ether oxygens (including phenoxy) is 1. The summed E-state index contributed by atoms with van der Waals surface area (Å²) in [6, 6.07) is 13.1. The molecule has 18 heavy (non-hydrogen) atoms. The van der Waals surface area contributed by atoms with Crippen molar-refractivity contribution in [3.8, 4) is 5.75 Å². The molecule has 0 bridgehead atoms. The van der Waals surface area contributed by atoms with Gasteiger partial charge in [0.2, 0.25) is 0 Å². The third-order valence-corrected chi connectivity index (χ3v) is 3.30. The van der Waals surface area contributed by atoms with E-state index in [2.05, 4.69) is 5.32 Å². The van der Waals surface area contributed by atoms with Gasteiger partial charge in [-0.2, -0.15) is 0 Å². The van der Waals surface area contributed by atoms with E-state index in [1.54, 1.807) is 12.1 Å². The van der Waals surface area contributed by atoms with Crippen molar-refractivity contribution >= 4 is 28.9 Å². The van der Waals surface area contributed by atoms with E-state index in [9.17, 15) is 0 Å². The molecule has 0 saturated heterocycles. The van der Waals surface area contributed by atoms with Gasteiger partial charge in [0.15, 0.2) is 0 Å². The Morgan fingerprint density at radius 3 is 2.17 bits per heavy atom. The van der Waals surface area contributed by atoms with Crippen LogP contribution in [0.5, 0.6) is 5.75 Å². The molecular formula is C14H13Cl2NO. The van der Waals surface area contributed by atoms with Crippen molar-refractivity contribution in [3.05, 3.63) is 58.1 Å². The average Bonchev–Trinajstić information content (AvgIpc) is 2.39. The number of rotatable bonds is 4. The molecule has 0 spiro atoms. The number of benzene rings is 2. The van der Waals surface area contributed by atoms with Crippen molar-refractivity contribution in [2.24, 2.45) is 0 Å². The lowest BCUT2D eigenvalue weighted by molar-refractivity contribution is 0.306. The lowest BCUT2D eigenvalue weighted by Crippen LogP contribution is -1.97. The molecule has 0 radical (unpaired) electrons. The summed E-state index contributed by atoms with van der Waals surface area (Å²) >= 11 is 12.1. The maximum absolute atomic E-state index is 6.07. The predicted octanol–water partition coefficient (Wildman–Crippen LogP) is 4.61. The second-order valence-corrected chi connectivity index (χ2v) is 4.58. The minimum absolute atomic E-state index is 0.359. The Morgan fingerprint density at radius 1 is 1.00 bits per heavy atom. The van der Waals surface area contributed by atoms with Crippen LogP contribution in [0.1, 0.15) is 5.56 Å². The van der Waals surface area contributed by atoms with E-state index in [0.717, 1.165) is 17.0 Å². The highest BCUT2D eigenvalue weighted by Gasteiger charge is 2.06. The topological polar surface area (TPSA) is 21.3 Å². The Balaban J connectivity index is 2.06. The fraction of sp³-hybridized carbons (Fsp3) is 0.143. The Morgan fingerprint density at radius 2 is 1.61 bits per heavy atom. The molecule has 0 aliphatic heterocycles. The Labute approximate surface area is 116 Å². The van der Waals surface area contributed by atoms with Gasteiger partial charge in [-0.3, -0.25) is 0 Å². The average molecular weight is 282 g/mol. The number of hydrogen-bond donors (Lipinski definition) is 1. The summed E-state index contributed by atoms with van der Waals surface area (Å²) in [4.78, 5) is 0. The maximum Gasteiger partial charge on any atom is 0.119 e. The van der Waals surface area contributed by atoms with Gasteiger partial charge in [0.25, 0.3) is 0 Å². The van der Waals surface area contributed by atoms with E-state index >= 15 is 0 Å². The van der Waals surface area contributed by atoms with E-state index < -0.39 is 0 Å². The van der Waals surface area contributed by atoms with Gasteiger partial charge in [-0.15, -0.1) is 0 Å². The molecule has 0 amide bonds. The Bertz CT molecular complexity index is 506. The van der Waals surface area contributed by atoms with Crippen LogP contribution in [0.2, 0.25) is 10.0 Å². The monoisotopic (exact) mass is 281 g/mol. The van der Waals surface area contributed by atoms with Crippen LogP contribution in [-0.2, 0) is 6.61 Å². The van der Waals surface area contributed by atoms with Crippen LogP contribution in [0.4, 0.5) is 5.69 Å². The molecule has 0 unspecified atom stereocenters. The molecule has 0 aliphatic rings. The highest BCUT2D eigenvalue weighted by molar-refractivity contribution is 6.35. The summed E-state index contributed by atoms with van der Waals surface area (Å²) in [6.45, 7) is 0.359. The zero-order valence-electron chi connectivity index (χ0n) is 9.91. The minimum Gasteiger partial charge on any atom is -0.489 e. The Hall–Kier alpha value is -1.38. The molecule has 94 valence electrons. The van der Waals surface area contributed by atoms with Crippen molar-refractivity contribution in [1.82, 2.24) is 0 Å². The normalized spacial score (nSPS) is 10.2. The van der Waals surface area contributed by atoms with E-state index in [0.29, 0.717) is 16.7 Å². The van der Waals surface area contributed by atoms with E-state index in [-0.39, 0.29) is 0 Å². The summed E-state index contributed by atoms with van der Waals surface area (Å²) < 4.78 is 5.66. The standard InChI is InChI=1S/C14H13Cl2NO/c1-17-10-5-7-11(8-6-10)18-9-12-13(15)3-2-4-14(12)16/h2-8,17H,9H2,1H3. The quantitative estimate of drug-likeness (QED) is 0.883. The number of hydrogen-bond acceptors (Lipinski definition) is 2. The summed E-state index contributed by atoms with van der Waals surface area (Å²) in [5, 5.41) is 4.29. The molecule has 0 aliphatic carbocycles. The van der Waals surface area contributed by atoms with Gasteiger partial charge in [-0.25, -0.2) is 0 Å². The first-order valence-corrected chi connectivity index (χ1v) is 6.30. The summed E-state index contributed by atoms with van der Waals surface area (Å²) in [5.74, 6) is 0.782. The molecule has 0 atom stereocenters. The van der Waals surface area contributed by atoms with Crippen LogP contribution in [0.3, 0.4) is 0 Å². The molecule has 2 nitrogen and oxygen atoms in total. The third-order valence-electron chi connectivity index (χ3n) is 2.59. The molecule has 4 heteroatoms. The first kappa shape index (κ1) is 13.1. The van der Waals surface area contributed by atoms with Gasteiger partial charge in [0.1, 0.15) is 12.4 Å². The molecule has 0 fully saturated rings. The fourth-order valence-corrected chi connectivity index (χ4v) is 2.05. The van der Waals surface area contributed by atoms with Crippen LogP contribution in [0.25, 0.3) is 0 Å². The smallest absolute Gasteiger partial charge is 0.119 e. The minimum atomic E-state index is 0.359. The number of halogens is 2. The molecule has 0 heterocycles. The second-order valence-electron chi connectivity index (χ2n) is 3.76. The van der Waals surface area contributed by atoms with Crippen molar-refractivity contribution in [2.75, 3.05) is 12.4 Å². The first-order chi connectivity index (χ1) is 8.70. The first-order valence-electron chi connectivity index (χ1n) is 5.54. The highest BCUT2D eigenvalue weighted by atomic mass is 35.5. The van der Waals surface area contributed by atoms with Gasteiger partial charge in [0, 0.05) is 28.3 Å². The van der Waals surface area contributed by atoms with Crippen LogP contribution in [0, 0.1) is 0 Å². The van der Waals surface area contributed by atoms with Crippen molar-refractivity contribution in [3.63, 3.8) is 0 Å². The summed E-state index contributed by atoms with van der Waals surface area (Å²) in [6.07, 6.45) is 0. The number of nitrogens with one attached hydrogen (secondary N) is 1. The van der Waals surface area contributed by atoms with Gasteiger partial charge in [0.05, 0.1) is 0 Å². The third kappa shape index (κ3) is 3.09. The molecule has 0 aromatic heterocycles. The molecular weight excluding hydrogens is 269 g/mol. The van der Waals surface area contributed by atoms with E-state index in [1.807, 2.05) is 37.4 Å². The summed E-state index contributed by atoms with van der Waals surface area (Å²) in [7, 11) is 1.87.